The highest BCUT2D eigenvalue weighted by atomic mass is 32.2. The maximum absolute atomic E-state index is 14.7. The van der Waals surface area contributed by atoms with Gasteiger partial charge in [0.2, 0.25) is 10.0 Å². The lowest BCUT2D eigenvalue weighted by atomic mass is 9.91. The first-order chi connectivity index (χ1) is 12.7. The number of azo groups is 1. The third-order valence-electron chi connectivity index (χ3n) is 4.04. The highest BCUT2D eigenvalue weighted by molar-refractivity contribution is 7.92. The number of hydrogen-bond acceptors (Lipinski definition) is 6. The summed E-state index contributed by atoms with van der Waals surface area (Å²) in [5.41, 5.74) is -2.04. The van der Waals surface area contributed by atoms with Crippen LogP contribution in [-0.4, -0.2) is 26.1 Å². The Morgan fingerprint density at radius 3 is 2.74 bits per heavy atom. The lowest BCUT2D eigenvalue weighted by Gasteiger charge is -2.17. The molecule has 3 rings (SSSR count). The Hall–Kier alpha value is -2.69. The molecule has 2 aliphatic heterocycles. The molecule has 2 N–H and O–H groups in total. The molecule has 0 saturated heterocycles. The van der Waals surface area contributed by atoms with Gasteiger partial charge in [0, 0.05) is 24.0 Å². The zero-order valence-corrected chi connectivity index (χ0v) is 14.9. The molecule has 0 amide bonds. The van der Waals surface area contributed by atoms with Gasteiger partial charge in [-0.05, 0) is 6.42 Å². The quantitative estimate of drug-likeness (QED) is 0.566. The van der Waals surface area contributed by atoms with E-state index in [9.17, 15) is 26.4 Å². The number of ketones is 1. The topological polar surface area (TPSA) is 100.0 Å². The first kappa shape index (κ1) is 19.1. The van der Waals surface area contributed by atoms with Gasteiger partial charge in [0.15, 0.2) is 23.2 Å². The number of carbonyl (C=O) groups is 1. The lowest BCUT2D eigenvalue weighted by molar-refractivity contribution is 0.101. The van der Waals surface area contributed by atoms with Gasteiger partial charge in [-0.3, -0.25) is 9.52 Å². The van der Waals surface area contributed by atoms with E-state index in [1.54, 1.807) is 6.92 Å². The molecule has 2 unspecified atom stereocenters. The van der Waals surface area contributed by atoms with E-state index in [0.29, 0.717) is 6.07 Å². The number of halogens is 3. The number of benzene rings is 1. The number of carbonyl (C=O) groups excluding carboxylic acids is 1. The van der Waals surface area contributed by atoms with E-state index >= 15 is 0 Å². The third-order valence-corrected chi connectivity index (χ3v) is 5.52. The van der Waals surface area contributed by atoms with Crippen LogP contribution in [0.3, 0.4) is 0 Å². The normalized spacial score (nSPS) is 20.8. The molecule has 144 valence electrons. The van der Waals surface area contributed by atoms with Crippen LogP contribution in [0, 0.1) is 23.4 Å². The zero-order chi connectivity index (χ0) is 19.8. The minimum absolute atomic E-state index is 0.0411. The summed E-state index contributed by atoms with van der Waals surface area (Å²) in [6, 6.07) is 0.369. The second-order valence-electron chi connectivity index (χ2n) is 5.97. The van der Waals surface area contributed by atoms with Gasteiger partial charge in [-0.2, -0.15) is 10.2 Å². The summed E-state index contributed by atoms with van der Waals surface area (Å²) >= 11 is 0. The molecule has 0 radical (unpaired) electrons. The molecular weight excluding hydrogens is 385 g/mol. The van der Waals surface area contributed by atoms with Crippen molar-refractivity contribution in [1.29, 1.82) is 0 Å². The predicted molar refractivity (Wildman–Crippen MR) is 90.8 cm³/mol. The smallest absolute Gasteiger partial charge is 0.232 e. The third kappa shape index (κ3) is 3.59. The number of fused-ring (bicyclic) bond motifs is 1. The molecule has 0 aliphatic carbocycles. The number of rotatable bonds is 6. The summed E-state index contributed by atoms with van der Waals surface area (Å²) < 4.78 is 68.5. The van der Waals surface area contributed by atoms with Crippen LogP contribution in [0.1, 0.15) is 23.7 Å². The molecule has 7 nitrogen and oxygen atoms in total. The minimum atomic E-state index is -3.97. The molecule has 0 fully saturated rings. The van der Waals surface area contributed by atoms with E-state index in [1.165, 1.54) is 18.5 Å². The van der Waals surface area contributed by atoms with Gasteiger partial charge < -0.3 is 5.32 Å². The molecule has 0 aromatic heterocycles. The fourth-order valence-electron chi connectivity index (χ4n) is 2.83. The Morgan fingerprint density at radius 1 is 1.30 bits per heavy atom. The Morgan fingerprint density at radius 2 is 2.04 bits per heavy atom. The molecule has 2 atom stereocenters. The summed E-state index contributed by atoms with van der Waals surface area (Å²) in [5.74, 6) is -6.80. The van der Waals surface area contributed by atoms with Gasteiger partial charge in [-0.15, -0.1) is 0 Å². The SMILES string of the molecule is CCCS(=O)(=O)Nc1cc(F)c(F)c(C(=O)C2=CNC3N=NC=CC23)c1F. The monoisotopic (exact) mass is 400 g/mol. The molecule has 0 saturated carbocycles. The maximum atomic E-state index is 14.7. The van der Waals surface area contributed by atoms with Gasteiger partial charge in [-0.25, -0.2) is 21.6 Å². The van der Waals surface area contributed by atoms with Crippen molar-refractivity contribution in [2.45, 2.75) is 19.5 Å². The van der Waals surface area contributed by atoms with E-state index in [-0.39, 0.29) is 17.7 Å². The van der Waals surface area contributed by atoms with Crippen LogP contribution >= 0.6 is 0 Å². The van der Waals surface area contributed by atoms with E-state index < -0.39 is 56.6 Å². The van der Waals surface area contributed by atoms with Gasteiger partial charge in [0.1, 0.15) is 6.17 Å². The Balaban J connectivity index is 2.01. The largest absolute Gasteiger partial charge is 0.367 e. The summed E-state index contributed by atoms with van der Waals surface area (Å²) in [6.07, 6.45) is 3.71. The molecule has 11 heteroatoms. The van der Waals surface area contributed by atoms with Gasteiger partial charge in [0.25, 0.3) is 0 Å². The number of nitrogens with one attached hydrogen (secondary N) is 2. The van der Waals surface area contributed by atoms with E-state index in [4.69, 9.17) is 0 Å². The van der Waals surface area contributed by atoms with Crippen molar-refractivity contribution in [2.75, 3.05) is 10.5 Å². The molecule has 1 aromatic rings. The van der Waals surface area contributed by atoms with Crippen LogP contribution < -0.4 is 10.0 Å². The summed E-state index contributed by atoms with van der Waals surface area (Å²) in [4.78, 5) is 12.7. The number of hydrogen-bond donors (Lipinski definition) is 2. The predicted octanol–water partition coefficient (Wildman–Crippen LogP) is 2.85. The Bertz CT molecular complexity index is 989. The average molecular weight is 400 g/mol. The Kier molecular flexibility index (Phi) is 5.05. The summed E-state index contributed by atoms with van der Waals surface area (Å²) in [5, 5.41) is 10.2. The van der Waals surface area contributed by atoms with Crippen molar-refractivity contribution < 1.29 is 26.4 Å². The zero-order valence-electron chi connectivity index (χ0n) is 14.0. The molecule has 2 heterocycles. The summed E-state index contributed by atoms with van der Waals surface area (Å²) in [7, 11) is -3.97. The number of Topliss-reactive ketones (excluding diaryl/α,β-unsaturated/α-hetero) is 1. The van der Waals surface area contributed by atoms with Crippen molar-refractivity contribution in [3.05, 3.63) is 53.1 Å². The van der Waals surface area contributed by atoms with Crippen LogP contribution in [0.25, 0.3) is 0 Å². The van der Waals surface area contributed by atoms with Crippen LogP contribution in [0.15, 0.2) is 40.3 Å². The first-order valence-electron chi connectivity index (χ1n) is 8.00. The van der Waals surface area contributed by atoms with E-state index in [1.807, 2.05) is 4.72 Å². The van der Waals surface area contributed by atoms with Crippen LogP contribution in [0.4, 0.5) is 18.9 Å². The molecule has 0 bridgehead atoms. The molecule has 27 heavy (non-hydrogen) atoms. The van der Waals surface area contributed by atoms with Gasteiger partial charge in [-0.1, -0.05) is 13.0 Å². The molecule has 2 aliphatic rings. The standard InChI is InChI=1S/C16H15F3N4O3S/c1-2-5-27(25,26)23-11-6-10(17)13(18)12(14(11)19)15(24)9-7-20-16-8(9)3-4-21-22-16/h3-4,6-8,16,20,23H,2,5H2,1H3. The van der Waals surface area contributed by atoms with E-state index in [0.717, 1.165) is 0 Å². The average Bonchev–Trinajstić information content (AvgIpc) is 3.03. The van der Waals surface area contributed by atoms with Crippen molar-refractivity contribution in [3.8, 4) is 0 Å². The van der Waals surface area contributed by atoms with Gasteiger partial charge >= 0.3 is 0 Å². The second-order valence-corrected chi connectivity index (χ2v) is 7.81. The van der Waals surface area contributed by atoms with Crippen molar-refractivity contribution >= 4 is 21.5 Å². The van der Waals surface area contributed by atoms with Crippen LogP contribution in [0.5, 0.6) is 0 Å². The summed E-state index contributed by atoms with van der Waals surface area (Å²) in [6.45, 7) is 1.58. The van der Waals surface area contributed by atoms with Gasteiger partial charge in [0.05, 0.1) is 22.9 Å². The molecule has 0 spiro atoms. The second kappa shape index (κ2) is 7.14. The Labute approximate surface area is 153 Å². The number of sulfonamides is 1. The molecular formula is C16H15F3N4O3S. The van der Waals surface area contributed by atoms with Crippen molar-refractivity contribution in [2.24, 2.45) is 16.1 Å². The fraction of sp³-hybridized carbons (Fsp3) is 0.312. The number of anilines is 1. The van der Waals surface area contributed by atoms with Crippen molar-refractivity contribution in [3.63, 3.8) is 0 Å². The highest BCUT2D eigenvalue weighted by Crippen LogP contribution is 2.33. The van der Waals surface area contributed by atoms with Crippen LogP contribution in [-0.2, 0) is 10.0 Å². The maximum Gasteiger partial charge on any atom is 0.232 e. The minimum Gasteiger partial charge on any atom is -0.367 e. The fourth-order valence-corrected chi connectivity index (χ4v) is 3.95. The first-order valence-corrected chi connectivity index (χ1v) is 9.66. The lowest BCUT2D eigenvalue weighted by Crippen LogP contribution is -2.26. The highest BCUT2D eigenvalue weighted by Gasteiger charge is 2.37. The van der Waals surface area contributed by atoms with Crippen LogP contribution in [0.2, 0.25) is 0 Å². The van der Waals surface area contributed by atoms with E-state index in [2.05, 4.69) is 15.5 Å². The molecule has 1 aromatic carbocycles. The van der Waals surface area contributed by atoms with Crippen molar-refractivity contribution in [1.82, 2.24) is 5.32 Å². The number of nitrogens with zero attached hydrogens (tertiary/aromatic N) is 2.